The molecule has 0 N–H and O–H groups in total. The van der Waals surface area contributed by atoms with E-state index in [0.717, 1.165) is 12.1 Å². The molecule has 6 heteroatoms. The molecule has 0 bridgehead atoms. The molecule has 1 heterocycles. The van der Waals surface area contributed by atoms with E-state index in [4.69, 9.17) is 9.68 Å². The van der Waals surface area contributed by atoms with Crippen molar-refractivity contribution in [3.8, 4) is 6.07 Å². The van der Waals surface area contributed by atoms with E-state index in [-0.39, 0.29) is 6.42 Å². The number of rotatable bonds is 3. The summed E-state index contributed by atoms with van der Waals surface area (Å²) < 4.78 is 42.2. The Morgan fingerprint density at radius 1 is 1.20 bits per heavy atom. The van der Waals surface area contributed by atoms with Crippen LogP contribution in [0.3, 0.4) is 0 Å². The molecule has 1 aromatic heterocycles. The second-order valence-electron chi connectivity index (χ2n) is 3.97. The van der Waals surface area contributed by atoms with Crippen molar-refractivity contribution in [2.75, 3.05) is 0 Å². The van der Waals surface area contributed by atoms with E-state index in [0.29, 0.717) is 17.1 Å². The van der Waals surface area contributed by atoms with Gasteiger partial charge in [0.05, 0.1) is 23.7 Å². The largest absolute Gasteiger partial charge is 0.445 e. The Kier molecular flexibility index (Phi) is 3.89. The lowest BCUT2D eigenvalue weighted by molar-refractivity contribution is -0.137. The van der Waals surface area contributed by atoms with Crippen molar-refractivity contribution in [2.45, 2.75) is 12.6 Å². The summed E-state index contributed by atoms with van der Waals surface area (Å²) in [4.78, 5) is 4.02. The van der Waals surface area contributed by atoms with Crippen LogP contribution in [0.5, 0.6) is 0 Å². The molecule has 0 aliphatic heterocycles. The smallest absolute Gasteiger partial charge is 0.416 e. The molecule has 1 aromatic carbocycles. The van der Waals surface area contributed by atoms with Crippen molar-refractivity contribution in [1.82, 2.24) is 4.98 Å². The molecule has 0 unspecified atom stereocenters. The topological polar surface area (TPSA) is 49.8 Å². The molecular weight excluding hydrogens is 269 g/mol. The van der Waals surface area contributed by atoms with Gasteiger partial charge in [-0.25, -0.2) is 4.98 Å². The van der Waals surface area contributed by atoms with Crippen LogP contribution in [0.15, 0.2) is 34.9 Å². The van der Waals surface area contributed by atoms with Crippen molar-refractivity contribution in [2.24, 2.45) is 0 Å². The average Bonchev–Trinajstić information content (AvgIpc) is 2.84. The van der Waals surface area contributed by atoms with Crippen LogP contribution >= 0.6 is 0 Å². The number of oxazole rings is 1. The van der Waals surface area contributed by atoms with Gasteiger partial charge in [-0.15, -0.1) is 0 Å². The maximum absolute atomic E-state index is 12.4. The average molecular weight is 278 g/mol. The minimum atomic E-state index is -4.34. The molecule has 2 aromatic rings. The van der Waals surface area contributed by atoms with Crippen molar-refractivity contribution in [1.29, 1.82) is 5.26 Å². The van der Waals surface area contributed by atoms with Gasteiger partial charge in [-0.1, -0.05) is 12.1 Å². The van der Waals surface area contributed by atoms with Crippen molar-refractivity contribution < 1.29 is 17.6 Å². The summed E-state index contributed by atoms with van der Waals surface area (Å²) in [6, 6.07) is 6.68. The number of alkyl halides is 3. The Morgan fingerprint density at radius 3 is 2.50 bits per heavy atom. The van der Waals surface area contributed by atoms with Crippen molar-refractivity contribution >= 4 is 12.2 Å². The van der Waals surface area contributed by atoms with Gasteiger partial charge in [-0.3, -0.25) is 0 Å². The summed E-state index contributed by atoms with van der Waals surface area (Å²) in [6.45, 7) is 0. The maximum Gasteiger partial charge on any atom is 0.416 e. The lowest BCUT2D eigenvalue weighted by Gasteiger charge is -2.05. The van der Waals surface area contributed by atoms with Gasteiger partial charge in [0.25, 0.3) is 0 Å². The van der Waals surface area contributed by atoms with E-state index in [1.54, 1.807) is 6.08 Å². The van der Waals surface area contributed by atoms with Gasteiger partial charge in [0.2, 0.25) is 5.89 Å². The van der Waals surface area contributed by atoms with E-state index in [1.807, 2.05) is 6.07 Å². The molecule has 0 radical (unpaired) electrons. The van der Waals surface area contributed by atoms with Gasteiger partial charge < -0.3 is 4.42 Å². The minimum Gasteiger partial charge on any atom is -0.445 e. The summed E-state index contributed by atoms with van der Waals surface area (Å²) in [5.41, 5.74) is 0.416. The minimum absolute atomic E-state index is 0.150. The predicted octanol–water partition coefficient (Wildman–Crippen LogP) is 3.93. The van der Waals surface area contributed by atoms with E-state index in [9.17, 15) is 13.2 Å². The first-order chi connectivity index (χ1) is 9.49. The Hall–Kier alpha value is -2.55. The molecule has 0 atom stereocenters. The Morgan fingerprint density at radius 2 is 1.90 bits per heavy atom. The number of aromatic nitrogens is 1. The number of halogens is 3. The van der Waals surface area contributed by atoms with Crippen LogP contribution in [0.25, 0.3) is 12.2 Å². The first kappa shape index (κ1) is 13.9. The molecule has 0 aliphatic rings. The van der Waals surface area contributed by atoms with Crippen molar-refractivity contribution in [3.63, 3.8) is 0 Å². The molecule has 0 saturated heterocycles. The zero-order valence-corrected chi connectivity index (χ0v) is 10.2. The summed E-state index contributed by atoms with van der Waals surface area (Å²) >= 11 is 0. The quantitative estimate of drug-likeness (QED) is 0.854. The van der Waals surface area contributed by atoms with Gasteiger partial charge in [-0.05, 0) is 23.8 Å². The molecule has 20 heavy (non-hydrogen) atoms. The number of hydrogen-bond donors (Lipinski definition) is 0. The van der Waals surface area contributed by atoms with Gasteiger partial charge in [0, 0.05) is 6.08 Å². The molecule has 0 amide bonds. The first-order valence-corrected chi connectivity index (χ1v) is 5.66. The van der Waals surface area contributed by atoms with E-state index < -0.39 is 11.7 Å². The zero-order chi connectivity index (χ0) is 14.6. The summed E-state index contributed by atoms with van der Waals surface area (Å²) in [5, 5.41) is 8.49. The maximum atomic E-state index is 12.4. The Balaban J connectivity index is 2.09. The van der Waals surface area contributed by atoms with E-state index in [1.165, 1.54) is 24.5 Å². The summed E-state index contributed by atoms with van der Waals surface area (Å²) in [5.74, 6) is 0.301. The molecule has 0 spiro atoms. The van der Waals surface area contributed by atoms with Crippen LogP contribution in [-0.4, -0.2) is 4.98 Å². The van der Waals surface area contributed by atoms with Crippen molar-refractivity contribution in [3.05, 3.63) is 53.2 Å². The van der Waals surface area contributed by atoms with Crippen LogP contribution in [0.4, 0.5) is 13.2 Å². The number of nitrogens with zero attached hydrogens (tertiary/aromatic N) is 2. The molecule has 3 nitrogen and oxygen atoms in total. The molecule has 102 valence electrons. The van der Waals surface area contributed by atoms with Crippen LogP contribution in [0.2, 0.25) is 0 Å². The third kappa shape index (κ3) is 3.48. The number of nitriles is 1. The summed E-state index contributed by atoms with van der Waals surface area (Å²) in [6.07, 6.45) is 0.301. The second-order valence-corrected chi connectivity index (χ2v) is 3.97. The number of benzene rings is 1. The monoisotopic (exact) mass is 278 g/mol. The standard InChI is InChI=1S/C14H9F3N2O/c15-14(16,17)11-4-1-10(2-5-11)3-6-13-19-12(7-8-18)9-20-13/h1-6,9H,7H2. The van der Waals surface area contributed by atoms with E-state index >= 15 is 0 Å². The highest BCUT2D eigenvalue weighted by Gasteiger charge is 2.29. The van der Waals surface area contributed by atoms with Gasteiger partial charge in [0.15, 0.2) is 0 Å². The van der Waals surface area contributed by atoms with E-state index in [2.05, 4.69) is 4.98 Å². The third-order valence-electron chi connectivity index (χ3n) is 2.49. The normalized spacial score (nSPS) is 11.7. The van der Waals surface area contributed by atoms with Crippen LogP contribution in [0.1, 0.15) is 22.7 Å². The Bertz CT molecular complexity index is 648. The summed E-state index contributed by atoms with van der Waals surface area (Å²) in [7, 11) is 0. The molecule has 2 rings (SSSR count). The van der Waals surface area contributed by atoms with Gasteiger partial charge >= 0.3 is 6.18 Å². The predicted molar refractivity (Wildman–Crippen MR) is 66.2 cm³/mol. The molecule has 0 fully saturated rings. The SMILES string of the molecule is N#CCc1coc(C=Cc2ccc(C(F)(F)F)cc2)n1. The first-order valence-electron chi connectivity index (χ1n) is 5.66. The highest BCUT2D eigenvalue weighted by Crippen LogP contribution is 2.29. The molecule has 0 saturated carbocycles. The third-order valence-corrected chi connectivity index (χ3v) is 2.49. The Labute approximate surface area is 113 Å². The molecular formula is C14H9F3N2O. The fourth-order valence-corrected chi connectivity index (χ4v) is 1.51. The fraction of sp³-hybridized carbons (Fsp3) is 0.143. The second kappa shape index (κ2) is 5.61. The highest BCUT2D eigenvalue weighted by molar-refractivity contribution is 5.66. The highest BCUT2D eigenvalue weighted by atomic mass is 19.4. The molecule has 0 aliphatic carbocycles. The van der Waals surface area contributed by atoms with Crippen LogP contribution in [0, 0.1) is 11.3 Å². The lowest BCUT2D eigenvalue weighted by Crippen LogP contribution is -2.03. The number of hydrogen-bond acceptors (Lipinski definition) is 3. The zero-order valence-electron chi connectivity index (χ0n) is 10.2. The fourth-order valence-electron chi connectivity index (χ4n) is 1.51. The van der Waals surface area contributed by atoms with Crippen LogP contribution < -0.4 is 0 Å². The van der Waals surface area contributed by atoms with Gasteiger partial charge in [-0.2, -0.15) is 18.4 Å². The lowest BCUT2D eigenvalue weighted by atomic mass is 10.1. The van der Waals surface area contributed by atoms with Crippen LogP contribution in [-0.2, 0) is 12.6 Å². The van der Waals surface area contributed by atoms with Gasteiger partial charge in [0.1, 0.15) is 6.26 Å².